The van der Waals surface area contributed by atoms with Crippen LogP contribution in [0.2, 0.25) is 0 Å². The predicted octanol–water partition coefficient (Wildman–Crippen LogP) is 3.39. The van der Waals surface area contributed by atoms with Gasteiger partial charge >= 0.3 is 0 Å². The summed E-state index contributed by atoms with van der Waals surface area (Å²) in [7, 11) is 1.70. The minimum Gasteiger partial charge on any atom is -0.497 e. The van der Waals surface area contributed by atoms with Gasteiger partial charge in [0.1, 0.15) is 5.75 Å². The van der Waals surface area contributed by atoms with Crippen molar-refractivity contribution < 1.29 is 9.53 Å². The Bertz CT molecular complexity index is 820. The van der Waals surface area contributed by atoms with E-state index >= 15 is 0 Å². The van der Waals surface area contributed by atoms with Crippen molar-refractivity contribution in [1.29, 1.82) is 0 Å². The van der Waals surface area contributed by atoms with E-state index in [1.807, 2.05) is 11.5 Å². The van der Waals surface area contributed by atoms with E-state index in [4.69, 9.17) is 4.74 Å². The number of rotatable bonds is 4. The molecule has 1 amide bonds. The Hall–Kier alpha value is -2.79. The highest BCUT2D eigenvalue weighted by molar-refractivity contribution is 5.83. The normalized spacial score (nSPS) is 10.1. The first kappa shape index (κ1) is 18.5. The smallest absolute Gasteiger partial charge is 0.233 e. The first-order chi connectivity index (χ1) is 12.1. The van der Waals surface area contributed by atoms with Crippen LogP contribution in [0.1, 0.15) is 24.6 Å². The minimum absolute atomic E-state index is 0.130. The molecule has 0 aliphatic heterocycles. The average Bonchev–Trinajstić information content (AvgIpc) is 2.96. The van der Waals surface area contributed by atoms with E-state index in [2.05, 4.69) is 65.9 Å². The molecule has 0 aliphatic carbocycles. The second-order valence-electron chi connectivity index (χ2n) is 5.70. The van der Waals surface area contributed by atoms with Gasteiger partial charge in [0.2, 0.25) is 5.91 Å². The lowest BCUT2D eigenvalue weighted by Crippen LogP contribution is -2.28. The van der Waals surface area contributed by atoms with E-state index in [0.29, 0.717) is 6.42 Å². The number of hydrogen-bond donors (Lipinski definition) is 2. The Labute approximate surface area is 148 Å². The third-order valence-electron chi connectivity index (χ3n) is 3.98. The van der Waals surface area contributed by atoms with Crippen LogP contribution in [0.3, 0.4) is 0 Å². The SMILES string of the molecule is CCC(=O)NN.COc1ccc2c(c1)cc(C)n2Cc1ccccc1. The third-order valence-corrected chi connectivity index (χ3v) is 3.98. The lowest BCUT2D eigenvalue weighted by atomic mass is 10.2. The summed E-state index contributed by atoms with van der Waals surface area (Å²) in [5.74, 6) is 5.46. The van der Waals surface area contributed by atoms with Crippen LogP contribution in [-0.2, 0) is 11.3 Å². The Morgan fingerprint density at radius 3 is 2.44 bits per heavy atom. The summed E-state index contributed by atoms with van der Waals surface area (Å²) < 4.78 is 7.62. The van der Waals surface area contributed by atoms with Crippen LogP contribution in [0.4, 0.5) is 0 Å². The van der Waals surface area contributed by atoms with Gasteiger partial charge in [0.25, 0.3) is 0 Å². The van der Waals surface area contributed by atoms with Crippen molar-refractivity contribution in [2.45, 2.75) is 26.8 Å². The molecule has 0 saturated heterocycles. The lowest BCUT2D eigenvalue weighted by Gasteiger charge is -2.08. The number of ether oxygens (including phenoxy) is 1. The molecule has 0 spiro atoms. The third kappa shape index (κ3) is 4.84. The maximum atomic E-state index is 9.94. The molecule has 0 radical (unpaired) electrons. The molecule has 5 nitrogen and oxygen atoms in total. The van der Waals surface area contributed by atoms with Crippen molar-refractivity contribution in [3.63, 3.8) is 0 Å². The van der Waals surface area contributed by atoms with Crippen LogP contribution >= 0.6 is 0 Å². The number of aromatic nitrogens is 1. The van der Waals surface area contributed by atoms with Crippen LogP contribution in [0, 0.1) is 6.92 Å². The minimum atomic E-state index is -0.130. The molecule has 5 heteroatoms. The number of nitrogens with one attached hydrogen (secondary N) is 1. The first-order valence-electron chi connectivity index (χ1n) is 8.26. The largest absolute Gasteiger partial charge is 0.497 e. The molecular formula is C20H25N3O2. The number of amides is 1. The molecule has 1 heterocycles. The van der Waals surface area contributed by atoms with Crippen LogP contribution in [-0.4, -0.2) is 17.6 Å². The van der Waals surface area contributed by atoms with Crippen molar-refractivity contribution in [3.05, 3.63) is 65.9 Å². The van der Waals surface area contributed by atoms with Gasteiger partial charge in [-0.25, -0.2) is 5.84 Å². The Morgan fingerprint density at radius 1 is 1.16 bits per heavy atom. The summed E-state index contributed by atoms with van der Waals surface area (Å²) >= 11 is 0. The van der Waals surface area contributed by atoms with Gasteiger partial charge in [0.15, 0.2) is 0 Å². The highest BCUT2D eigenvalue weighted by atomic mass is 16.5. The van der Waals surface area contributed by atoms with E-state index in [0.717, 1.165) is 12.3 Å². The molecule has 0 bridgehead atoms. The highest BCUT2D eigenvalue weighted by Crippen LogP contribution is 2.25. The number of carbonyl (C=O) groups is 1. The Kier molecular flexibility index (Phi) is 6.60. The highest BCUT2D eigenvalue weighted by Gasteiger charge is 2.07. The number of aryl methyl sites for hydroxylation is 1. The Balaban J connectivity index is 0.000000326. The average molecular weight is 339 g/mol. The van der Waals surface area contributed by atoms with Crippen LogP contribution in [0.25, 0.3) is 10.9 Å². The molecule has 3 N–H and O–H groups in total. The number of methoxy groups -OCH3 is 1. The molecule has 0 aliphatic rings. The van der Waals surface area contributed by atoms with Crippen molar-refractivity contribution in [2.75, 3.05) is 7.11 Å². The van der Waals surface area contributed by atoms with Crippen LogP contribution < -0.4 is 16.0 Å². The lowest BCUT2D eigenvalue weighted by molar-refractivity contribution is -0.120. The van der Waals surface area contributed by atoms with Crippen LogP contribution in [0.15, 0.2) is 54.6 Å². The van der Waals surface area contributed by atoms with E-state index in [1.54, 1.807) is 14.0 Å². The molecule has 1 aromatic heterocycles. The number of nitrogens with two attached hydrogens (primary N) is 1. The molecule has 0 unspecified atom stereocenters. The van der Waals surface area contributed by atoms with Gasteiger partial charge in [-0.05, 0) is 36.8 Å². The fourth-order valence-corrected chi connectivity index (χ4v) is 2.59. The summed E-state index contributed by atoms with van der Waals surface area (Å²) in [6.07, 6.45) is 0.455. The number of benzene rings is 2. The van der Waals surface area contributed by atoms with Gasteiger partial charge in [-0.15, -0.1) is 0 Å². The maximum Gasteiger partial charge on any atom is 0.233 e. The second kappa shape index (κ2) is 8.89. The van der Waals surface area contributed by atoms with E-state index < -0.39 is 0 Å². The second-order valence-corrected chi connectivity index (χ2v) is 5.70. The van der Waals surface area contributed by atoms with Crippen molar-refractivity contribution in [3.8, 4) is 5.75 Å². The van der Waals surface area contributed by atoms with Gasteiger partial charge in [0.05, 0.1) is 7.11 Å². The monoisotopic (exact) mass is 339 g/mol. The molecule has 3 aromatic rings. The molecule has 2 aromatic carbocycles. The Morgan fingerprint density at radius 2 is 1.88 bits per heavy atom. The predicted molar refractivity (Wildman–Crippen MR) is 101 cm³/mol. The summed E-state index contributed by atoms with van der Waals surface area (Å²) in [5, 5.41) is 1.23. The number of nitrogens with zero attached hydrogens (tertiary/aromatic N) is 1. The molecule has 0 saturated carbocycles. The number of fused-ring (bicyclic) bond motifs is 1. The van der Waals surface area contributed by atoms with E-state index in [9.17, 15) is 4.79 Å². The number of hydrazine groups is 1. The fourth-order valence-electron chi connectivity index (χ4n) is 2.59. The number of hydrogen-bond acceptors (Lipinski definition) is 3. The molecule has 132 valence electrons. The molecule has 25 heavy (non-hydrogen) atoms. The van der Waals surface area contributed by atoms with Crippen molar-refractivity contribution >= 4 is 16.8 Å². The summed E-state index contributed by atoms with van der Waals surface area (Å²) in [4.78, 5) is 9.94. The fraction of sp³-hybridized carbons (Fsp3) is 0.250. The molecular weight excluding hydrogens is 314 g/mol. The van der Waals surface area contributed by atoms with E-state index in [-0.39, 0.29) is 5.91 Å². The standard InChI is InChI=1S/C17H17NO.C3H8N2O/c1-13-10-15-11-16(19-2)8-9-17(15)18(13)12-14-6-4-3-5-7-14;1-2-3(6)5-4/h3-11H,12H2,1-2H3;2,4H2,1H3,(H,5,6). The van der Waals surface area contributed by atoms with Crippen LogP contribution in [0.5, 0.6) is 5.75 Å². The quantitative estimate of drug-likeness (QED) is 0.435. The molecule has 0 atom stereocenters. The van der Waals surface area contributed by atoms with Gasteiger partial charge in [0, 0.05) is 29.6 Å². The summed E-state index contributed by atoms with van der Waals surface area (Å²) in [5.41, 5.74) is 5.82. The van der Waals surface area contributed by atoms with Crippen molar-refractivity contribution in [2.24, 2.45) is 5.84 Å². The van der Waals surface area contributed by atoms with Gasteiger partial charge in [-0.1, -0.05) is 37.3 Å². The maximum absolute atomic E-state index is 9.94. The van der Waals surface area contributed by atoms with Gasteiger partial charge in [-0.2, -0.15) is 0 Å². The molecule has 3 rings (SSSR count). The molecule has 0 fully saturated rings. The summed E-state index contributed by atoms with van der Waals surface area (Å²) in [6, 6.07) is 19.0. The van der Waals surface area contributed by atoms with Gasteiger partial charge < -0.3 is 9.30 Å². The zero-order valence-corrected chi connectivity index (χ0v) is 15.0. The first-order valence-corrected chi connectivity index (χ1v) is 8.26. The van der Waals surface area contributed by atoms with E-state index in [1.165, 1.54) is 22.2 Å². The topological polar surface area (TPSA) is 69.3 Å². The number of carbonyl (C=O) groups excluding carboxylic acids is 1. The summed E-state index contributed by atoms with van der Waals surface area (Å²) in [6.45, 7) is 4.79. The zero-order valence-electron chi connectivity index (χ0n) is 15.0. The van der Waals surface area contributed by atoms with Gasteiger partial charge in [-0.3, -0.25) is 10.2 Å². The van der Waals surface area contributed by atoms with Crippen molar-refractivity contribution in [1.82, 2.24) is 9.99 Å². The zero-order chi connectivity index (χ0) is 18.2.